The maximum atomic E-state index is 11.2. The fourth-order valence-electron chi connectivity index (χ4n) is 1.77. The lowest BCUT2D eigenvalue weighted by Gasteiger charge is -2.06. The van der Waals surface area contributed by atoms with Gasteiger partial charge in [-0.25, -0.2) is 4.79 Å². The second-order valence-corrected chi connectivity index (χ2v) is 3.83. The fourth-order valence-corrected chi connectivity index (χ4v) is 1.77. The average molecular weight is 217 g/mol. The molecule has 1 radical (unpaired) electrons. The Morgan fingerprint density at radius 2 is 1.94 bits per heavy atom. The molecular weight excluding hydrogens is 204 g/mol. The van der Waals surface area contributed by atoms with Crippen molar-refractivity contribution in [2.75, 3.05) is 0 Å². The highest BCUT2D eigenvalue weighted by molar-refractivity contribution is 6.03. The smallest absolute Gasteiger partial charge is 0.324 e. The van der Waals surface area contributed by atoms with Crippen molar-refractivity contribution < 1.29 is 9.59 Å². The third-order valence-corrected chi connectivity index (χ3v) is 2.61. The number of nitrogens with zero attached hydrogens (tertiary/aromatic N) is 1. The molecule has 0 bridgehead atoms. The van der Waals surface area contributed by atoms with E-state index in [1.54, 1.807) is 0 Å². The summed E-state index contributed by atoms with van der Waals surface area (Å²) in [6, 6.07) is 9.16. The summed E-state index contributed by atoms with van der Waals surface area (Å²) in [6.07, 6.45) is 2.44. The highest BCUT2D eigenvalue weighted by atomic mass is 16.2. The van der Waals surface area contributed by atoms with E-state index in [0.717, 1.165) is 12.8 Å². The van der Waals surface area contributed by atoms with Crippen LogP contribution in [-0.2, 0) is 11.2 Å². The normalized spacial score (nSPS) is 19.4. The standard InChI is InChI=1S/C12H13N2O2/c15-11-10(13-12(16)14-11)8-4-7-9-5-2-1-3-6-9/h1-3,5-6,10H,4,7-8H2,(H,13,16). The van der Waals surface area contributed by atoms with Crippen molar-refractivity contribution in [2.24, 2.45) is 0 Å². The number of carbonyl (C=O) groups is 2. The van der Waals surface area contributed by atoms with Crippen LogP contribution >= 0.6 is 0 Å². The molecule has 4 heteroatoms. The summed E-state index contributed by atoms with van der Waals surface area (Å²) in [7, 11) is 0. The van der Waals surface area contributed by atoms with Crippen LogP contribution in [0.25, 0.3) is 0 Å². The fraction of sp³-hybridized carbons (Fsp3) is 0.333. The van der Waals surface area contributed by atoms with E-state index in [-0.39, 0.29) is 5.91 Å². The lowest BCUT2D eigenvalue weighted by Crippen LogP contribution is -2.28. The first-order valence-corrected chi connectivity index (χ1v) is 5.36. The Bertz CT molecular complexity index is 389. The molecule has 0 spiro atoms. The van der Waals surface area contributed by atoms with Crippen LogP contribution in [0.3, 0.4) is 0 Å². The van der Waals surface area contributed by atoms with Gasteiger partial charge in [-0.15, -0.1) is 0 Å². The van der Waals surface area contributed by atoms with Gasteiger partial charge in [0.15, 0.2) is 0 Å². The van der Waals surface area contributed by atoms with Gasteiger partial charge in [0.05, 0.1) is 0 Å². The first-order valence-electron chi connectivity index (χ1n) is 5.36. The third kappa shape index (κ3) is 2.59. The summed E-state index contributed by atoms with van der Waals surface area (Å²) in [6.45, 7) is 0. The lowest BCUT2D eigenvalue weighted by molar-refractivity contribution is -0.120. The monoisotopic (exact) mass is 217 g/mol. The van der Waals surface area contributed by atoms with Gasteiger partial charge < -0.3 is 5.32 Å². The molecule has 1 atom stereocenters. The first-order chi connectivity index (χ1) is 7.75. The van der Waals surface area contributed by atoms with E-state index in [1.165, 1.54) is 5.56 Å². The molecule has 1 heterocycles. The lowest BCUT2D eigenvalue weighted by atomic mass is 10.1. The van der Waals surface area contributed by atoms with Crippen LogP contribution in [0.15, 0.2) is 30.3 Å². The Hall–Kier alpha value is -1.84. The summed E-state index contributed by atoms with van der Waals surface area (Å²) in [5.41, 5.74) is 1.25. The minimum Gasteiger partial charge on any atom is -0.324 e. The molecule has 2 rings (SSSR count). The maximum Gasteiger partial charge on any atom is 0.344 e. The van der Waals surface area contributed by atoms with Crippen molar-refractivity contribution in [1.82, 2.24) is 10.6 Å². The third-order valence-electron chi connectivity index (χ3n) is 2.61. The molecule has 0 aromatic heterocycles. The average Bonchev–Trinajstić information content (AvgIpc) is 2.59. The molecule has 1 saturated heterocycles. The molecule has 1 unspecified atom stereocenters. The van der Waals surface area contributed by atoms with Gasteiger partial charge in [-0.2, -0.15) is 5.32 Å². The second kappa shape index (κ2) is 4.79. The zero-order valence-electron chi connectivity index (χ0n) is 8.85. The topological polar surface area (TPSA) is 60.3 Å². The van der Waals surface area contributed by atoms with E-state index in [4.69, 9.17) is 0 Å². The highest BCUT2D eigenvalue weighted by Crippen LogP contribution is 2.08. The zero-order chi connectivity index (χ0) is 11.4. The molecule has 83 valence electrons. The van der Waals surface area contributed by atoms with Crippen LogP contribution in [0.5, 0.6) is 0 Å². The maximum absolute atomic E-state index is 11.2. The summed E-state index contributed by atoms with van der Waals surface area (Å²) in [5.74, 6) is -0.335. The van der Waals surface area contributed by atoms with Gasteiger partial charge in [0.2, 0.25) is 0 Å². The largest absolute Gasteiger partial charge is 0.344 e. The van der Waals surface area contributed by atoms with Crippen molar-refractivity contribution in [2.45, 2.75) is 25.3 Å². The zero-order valence-corrected chi connectivity index (χ0v) is 8.85. The number of amides is 3. The van der Waals surface area contributed by atoms with Gasteiger partial charge in [0.1, 0.15) is 6.04 Å². The summed E-state index contributed by atoms with van der Waals surface area (Å²) in [5, 5.41) is 5.84. The molecule has 0 saturated carbocycles. The minimum absolute atomic E-state index is 0.335. The molecule has 4 nitrogen and oxygen atoms in total. The molecule has 1 N–H and O–H groups in total. The Balaban J connectivity index is 1.76. The van der Waals surface area contributed by atoms with Crippen LogP contribution in [0.1, 0.15) is 18.4 Å². The van der Waals surface area contributed by atoms with E-state index in [2.05, 4.69) is 22.8 Å². The Morgan fingerprint density at radius 1 is 1.19 bits per heavy atom. The van der Waals surface area contributed by atoms with Crippen molar-refractivity contribution in [3.63, 3.8) is 0 Å². The number of hydrogen-bond donors (Lipinski definition) is 1. The van der Waals surface area contributed by atoms with Gasteiger partial charge in [0.25, 0.3) is 5.91 Å². The quantitative estimate of drug-likeness (QED) is 0.771. The predicted octanol–water partition coefficient (Wildman–Crippen LogP) is 1.23. The predicted molar refractivity (Wildman–Crippen MR) is 58.8 cm³/mol. The Morgan fingerprint density at radius 3 is 2.56 bits per heavy atom. The molecule has 1 aromatic rings. The molecule has 1 aliphatic heterocycles. The van der Waals surface area contributed by atoms with Crippen molar-refractivity contribution in [1.29, 1.82) is 0 Å². The highest BCUT2D eigenvalue weighted by Gasteiger charge is 2.30. The van der Waals surface area contributed by atoms with Crippen LogP contribution in [0, 0.1) is 0 Å². The van der Waals surface area contributed by atoms with E-state index < -0.39 is 12.1 Å². The summed E-state index contributed by atoms with van der Waals surface area (Å²) < 4.78 is 0. The van der Waals surface area contributed by atoms with E-state index in [9.17, 15) is 9.59 Å². The molecule has 0 aliphatic carbocycles. The molecule has 1 fully saturated rings. The van der Waals surface area contributed by atoms with Crippen molar-refractivity contribution in [3.8, 4) is 0 Å². The van der Waals surface area contributed by atoms with Gasteiger partial charge in [-0.3, -0.25) is 4.79 Å². The van der Waals surface area contributed by atoms with Crippen LogP contribution in [0.4, 0.5) is 4.79 Å². The number of carbonyl (C=O) groups excluding carboxylic acids is 2. The van der Waals surface area contributed by atoms with Gasteiger partial charge >= 0.3 is 6.03 Å². The number of urea groups is 1. The van der Waals surface area contributed by atoms with Gasteiger partial charge in [-0.1, -0.05) is 30.3 Å². The molecule has 3 amide bonds. The van der Waals surface area contributed by atoms with Gasteiger partial charge in [0, 0.05) is 0 Å². The number of rotatable bonds is 4. The van der Waals surface area contributed by atoms with E-state index >= 15 is 0 Å². The SMILES string of the molecule is O=C1[N]C(=O)C(CCCc2ccccc2)N1. The summed E-state index contributed by atoms with van der Waals surface area (Å²) >= 11 is 0. The number of nitrogens with one attached hydrogen (secondary N) is 1. The van der Waals surface area contributed by atoms with E-state index in [1.807, 2.05) is 18.2 Å². The van der Waals surface area contributed by atoms with E-state index in [0.29, 0.717) is 6.42 Å². The van der Waals surface area contributed by atoms with Gasteiger partial charge in [-0.05, 0) is 24.8 Å². The number of hydrogen-bond acceptors (Lipinski definition) is 2. The second-order valence-electron chi connectivity index (χ2n) is 3.83. The number of imide groups is 1. The number of aryl methyl sites for hydroxylation is 1. The summed E-state index contributed by atoms with van der Waals surface area (Å²) in [4.78, 5) is 22.0. The minimum atomic E-state index is -0.505. The molecular formula is C12H13N2O2. The Kier molecular flexibility index (Phi) is 3.19. The number of benzene rings is 1. The molecule has 1 aromatic carbocycles. The molecule has 16 heavy (non-hydrogen) atoms. The van der Waals surface area contributed by atoms with Crippen molar-refractivity contribution in [3.05, 3.63) is 35.9 Å². The van der Waals surface area contributed by atoms with Crippen LogP contribution < -0.4 is 10.6 Å². The molecule has 1 aliphatic rings. The van der Waals surface area contributed by atoms with Crippen LogP contribution in [-0.4, -0.2) is 18.0 Å². The van der Waals surface area contributed by atoms with Crippen molar-refractivity contribution >= 4 is 11.9 Å². The first kappa shape index (κ1) is 10.7. The van der Waals surface area contributed by atoms with Crippen LogP contribution in [0.2, 0.25) is 0 Å². The Labute approximate surface area is 94.0 Å².